The molecule has 9 nitrogen and oxygen atoms in total. The molecule has 0 aliphatic heterocycles. The molecular formula is C29H35N3O6. The molecule has 0 fully saturated rings. The van der Waals surface area contributed by atoms with Crippen LogP contribution in [0.15, 0.2) is 52.6 Å². The molecule has 2 rings (SSSR count). The van der Waals surface area contributed by atoms with E-state index in [0.29, 0.717) is 29.6 Å². The van der Waals surface area contributed by atoms with Crippen LogP contribution < -0.4 is 5.32 Å². The summed E-state index contributed by atoms with van der Waals surface area (Å²) >= 11 is 0. The molecule has 0 saturated heterocycles. The molecule has 1 aromatic rings. The summed E-state index contributed by atoms with van der Waals surface area (Å²) in [7, 11) is 0. The van der Waals surface area contributed by atoms with Crippen molar-refractivity contribution in [2.75, 3.05) is 6.61 Å². The quantitative estimate of drug-likeness (QED) is 0.105. The molecule has 9 heteroatoms. The normalized spacial score (nSPS) is 14.7. The number of aryl methyl sites for hydroxylation is 1. The zero-order chi connectivity index (χ0) is 28.5. The monoisotopic (exact) mass is 521 g/mol. The molecule has 0 spiro atoms. The lowest BCUT2D eigenvalue weighted by atomic mass is 9.71. The number of Topliss-reactive ketones (excluding diaryl/α,β-unsaturated/α-hetero) is 3. The van der Waals surface area contributed by atoms with Gasteiger partial charge in [0, 0.05) is 40.5 Å². The van der Waals surface area contributed by atoms with Crippen molar-refractivity contribution in [3.05, 3.63) is 63.7 Å². The molecule has 0 saturated carbocycles. The Morgan fingerprint density at radius 2 is 1.66 bits per heavy atom. The minimum absolute atomic E-state index is 0.0608. The Bertz CT molecular complexity index is 1220. The number of ether oxygens (including phenoxy) is 1. The lowest BCUT2D eigenvalue weighted by molar-refractivity contribution is -0.148. The highest BCUT2D eigenvalue weighted by Gasteiger charge is 2.39. The standard InChI is InChI=1S/C29H35N3O6/c1-18-19(2)27(36)25(20(3)26(18)35)29(4,5)16-24(34)32-23(14-13-22(33)17-31-30)28(37)38-15-9-12-21-10-7-6-8-11-21/h6-8,10-11,17,23H,9,12-16H2,1-5H3,(H,32,34)/t23-/m0/s1. The third kappa shape index (κ3) is 8.02. The fraction of sp³-hybridized carbons (Fsp3) is 0.448. The van der Waals surface area contributed by atoms with Crippen molar-refractivity contribution >= 4 is 35.4 Å². The van der Waals surface area contributed by atoms with Crippen LogP contribution in [0.4, 0.5) is 0 Å². The van der Waals surface area contributed by atoms with E-state index in [0.717, 1.165) is 11.8 Å². The van der Waals surface area contributed by atoms with Crippen molar-refractivity contribution in [2.24, 2.45) is 5.41 Å². The van der Waals surface area contributed by atoms with Gasteiger partial charge in [0.15, 0.2) is 11.6 Å². The Morgan fingerprint density at radius 3 is 2.29 bits per heavy atom. The summed E-state index contributed by atoms with van der Waals surface area (Å²) in [6.07, 6.45) is 1.63. The van der Waals surface area contributed by atoms with Crippen LogP contribution in [0.1, 0.15) is 65.9 Å². The maximum absolute atomic E-state index is 13.0. The molecule has 1 amide bonds. The number of hydrogen-bond donors (Lipinski definition) is 1. The predicted molar refractivity (Wildman–Crippen MR) is 141 cm³/mol. The van der Waals surface area contributed by atoms with E-state index >= 15 is 0 Å². The van der Waals surface area contributed by atoms with Gasteiger partial charge >= 0.3 is 12.2 Å². The molecule has 38 heavy (non-hydrogen) atoms. The van der Waals surface area contributed by atoms with E-state index in [9.17, 15) is 24.0 Å². The van der Waals surface area contributed by atoms with Crippen LogP contribution in [0.25, 0.3) is 5.53 Å². The second-order valence-electron chi connectivity index (χ2n) is 10.1. The molecule has 1 aliphatic rings. The van der Waals surface area contributed by atoms with Gasteiger partial charge in [-0.05, 0) is 45.6 Å². The molecule has 0 heterocycles. The highest BCUT2D eigenvalue weighted by molar-refractivity contribution is 6.25. The van der Waals surface area contributed by atoms with Crippen molar-refractivity contribution in [3.63, 3.8) is 0 Å². The van der Waals surface area contributed by atoms with Crippen LogP contribution in [0, 0.1) is 5.41 Å². The zero-order valence-corrected chi connectivity index (χ0v) is 22.6. The van der Waals surface area contributed by atoms with Crippen molar-refractivity contribution in [1.29, 1.82) is 0 Å². The minimum Gasteiger partial charge on any atom is -0.464 e. The first-order valence-corrected chi connectivity index (χ1v) is 12.6. The number of benzene rings is 1. The fourth-order valence-corrected chi connectivity index (χ4v) is 4.50. The number of nitrogens with one attached hydrogen (secondary N) is 1. The van der Waals surface area contributed by atoms with E-state index in [1.165, 1.54) is 0 Å². The third-order valence-electron chi connectivity index (χ3n) is 6.66. The molecule has 0 unspecified atom stereocenters. The van der Waals surface area contributed by atoms with E-state index in [4.69, 9.17) is 10.3 Å². The Labute approximate surface area is 222 Å². The van der Waals surface area contributed by atoms with Crippen molar-refractivity contribution in [2.45, 2.75) is 72.8 Å². The van der Waals surface area contributed by atoms with E-state index in [1.807, 2.05) is 30.3 Å². The Hall–Kier alpha value is -3.97. The van der Waals surface area contributed by atoms with Crippen LogP contribution in [0.3, 0.4) is 0 Å². The second kappa shape index (κ2) is 13.5. The molecule has 1 aliphatic carbocycles. The number of ketones is 3. The van der Waals surface area contributed by atoms with Crippen LogP contribution in [-0.2, 0) is 35.1 Å². The van der Waals surface area contributed by atoms with Crippen molar-refractivity contribution < 1.29 is 33.5 Å². The maximum atomic E-state index is 13.0. The third-order valence-corrected chi connectivity index (χ3v) is 6.66. The zero-order valence-electron chi connectivity index (χ0n) is 22.6. The highest BCUT2D eigenvalue weighted by atomic mass is 16.5. The van der Waals surface area contributed by atoms with Crippen molar-refractivity contribution in [3.8, 4) is 0 Å². The van der Waals surface area contributed by atoms with Crippen LogP contribution in [0.5, 0.6) is 0 Å². The summed E-state index contributed by atoms with van der Waals surface area (Å²) in [5, 5.41) is 2.63. The van der Waals surface area contributed by atoms with E-state index in [1.54, 1.807) is 34.6 Å². The lowest BCUT2D eigenvalue weighted by Gasteiger charge is -2.31. The first kappa shape index (κ1) is 30.3. The molecule has 1 atom stereocenters. The summed E-state index contributed by atoms with van der Waals surface area (Å²) < 4.78 is 5.38. The summed E-state index contributed by atoms with van der Waals surface area (Å²) in [5.41, 5.74) is 10.00. The van der Waals surface area contributed by atoms with Gasteiger partial charge in [0.25, 0.3) is 0 Å². The molecular weight excluding hydrogens is 486 g/mol. The maximum Gasteiger partial charge on any atom is 0.328 e. The molecule has 1 N–H and O–H groups in total. The molecule has 202 valence electrons. The van der Waals surface area contributed by atoms with Crippen LogP contribution >= 0.6 is 0 Å². The summed E-state index contributed by atoms with van der Waals surface area (Å²) in [4.78, 5) is 66.0. The molecule has 1 aromatic carbocycles. The predicted octanol–water partition coefficient (Wildman–Crippen LogP) is 3.52. The Morgan fingerprint density at radius 1 is 1.03 bits per heavy atom. The van der Waals surface area contributed by atoms with Gasteiger partial charge in [0.05, 0.1) is 6.61 Å². The summed E-state index contributed by atoms with van der Waals surface area (Å²) in [6.45, 7) is 8.30. The largest absolute Gasteiger partial charge is 0.464 e. The number of amides is 1. The van der Waals surface area contributed by atoms with Gasteiger partial charge in [0.2, 0.25) is 11.7 Å². The smallest absolute Gasteiger partial charge is 0.328 e. The SMILES string of the molecule is CC1=C(C)C(=O)C(C(C)(C)CC(=O)N[C@@H](CCC(=O)C=[N+]=[N-])C(=O)OCCCc2ccccc2)=C(C)C1=O. The lowest BCUT2D eigenvalue weighted by Crippen LogP contribution is -2.44. The van der Waals surface area contributed by atoms with Gasteiger partial charge in [-0.3, -0.25) is 19.2 Å². The van der Waals surface area contributed by atoms with Gasteiger partial charge < -0.3 is 15.6 Å². The average Bonchev–Trinajstić information content (AvgIpc) is 2.86. The van der Waals surface area contributed by atoms with Crippen LogP contribution in [0.2, 0.25) is 0 Å². The summed E-state index contributed by atoms with van der Waals surface area (Å²) in [5.74, 6) is -2.25. The van der Waals surface area contributed by atoms with E-state index < -0.39 is 29.1 Å². The molecule has 0 bridgehead atoms. The van der Waals surface area contributed by atoms with E-state index in [-0.39, 0.29) is 43.0 Å². The van der Waals surface area contributed by atoms with Gasteiger partial charge in [0.1, 0.15) is 6.04 Å². The number of esters is 1. The first-order valence-electron chi connectivity index (χ1n) is 12.6. The number of carbonyl (C=O) groups excluding carboxylic acids is 5. The number of hydrogen-bond acceptors (Lipinski definition) is 6. The van der Waals surface area contributed by atoms with E-state index in [2.05, 4.69) is 10.1 Å². The first-order chi connectivity index (χ1) is 17.9. The van der Waals surface area contributed by atoms with Crippen molar-refractivity contribution in [1.82, 2.24) is 5.32 Å². The van der Waals surface area contributed by atoms with Gasteiger partial charge in [-0.15, -0.1) is 0 Å². The number of carbonyl (C=O) groups is 5. The number of allylic oxidation sites excluding steroid dienone is 4. The molecule has 0 aromatic heterocycles. The number of nitrogens with zero attached hydrogens (tertiary/aromatic N) is 2. The Balaban J connectivity index is 2.09. The summed E-state index contributed by atoms with van der Waals surface area (Å²) in [6, 6.07) is 8.60. The Kier molecular flexibility index (Phi) is 10.8. The topological polar surface area (TPSA) is 143 Å². The van der Waals surface area contributed by atoms with Gasteiger partial charge in [-0.1, -0.05) is 44.2 Å². The molecule has 0 radical (unpaired) electrons. The second-order valence-corrected chi connectivity index (χ2v) is 10.1. The number of rotatable bonds is 13. The van der Waals surface area contributed by atoms with Gasteiger partial charge in [-0.25, -0.2) is 4.79 Å². The highest BCUT2D eigenvalue weighted by Crippen LogP contribution is 2.38. The van der Waals surface area contributed by atoms with Crippen LogP contribution in [-0.4, -0.2) is 52.9 Å². The minimum atomic E-state index is -1.12. The van der Waals surface area contributed by atoms with Gasteiger partial charge in [-0.2, -0.15) is 4.79 Å². The average molecular weight is 522 g/mol. The fourth-order valence-electron chi connectivity index (χ4n) is 4.50.